The molecule has 5 heteroatoms. The molecule has 4 nitrogen and oxygen atoms in total. The van der Waals surface area contributed by atoms with Gasteiger partial charge in [0.05, 0.1) is 11.0 Å². The van der Waals surface area contributed by atoms with E-state index < -0.39 is 16.1 Å². The highest BCUT2D eigenvalue weighted by Crippen LogP contribution is 2.35. The lowest BCUT2D eigenvalue weighted by Gasteiger charge is -2.33. The third kappa shape index (κ3) is 4.28. The Balaban J connectivity index is 2.04. The first-order valence-corrected chi connectivity index (χ1v) is 9.08. The van der Waals surface area contributed by atoms with Crippen molar-refractivity contribution in [2.45, 2.75) is 57.0 Å². The molecule has 1 unspecified atom stereocenters. The molecule has 118 valence electrons. The molecular weight excluding hydrogens is 286 g/mol. The minimum absolute atomic E-state index is 0.0743. The summed E-state index contributed by atoms with van der Waals surface area (Å²) < 4.78 is 27.4. The molecule has 0 saturated heterocycles. The number of rotatable bonds is 5. The van der Waals surface area contributed by atoms with E-state index in [9.17, 15) is 13.5 Å². The fourth-order valence-corrected chi connectivity index (χ4v) is 4.06. The molecule has 1 aromatic rings. The van der Waals surface area contributed by atoms with Crippen molar-refractivity contribution in [3.05, 3.63) is 29.8 Å². The van der Waals surface area contributed by atoms with E-state index in [2.05, 4.69) is 11.6 Å². The lowest BCUT2D eigenvalue weighted by molar-refractivity contribution is 0.199. The highest BCUT2D eigenvalue weighted by molar-refractivity contribution is 7.89. The highest BCUT2D eigenvalue weighted by Gasteiger charge is 2.28. The Bertz CT molecular complexity index is 558. The van der Waals surface area contributed by atoms with E-state index in [-0.39, 0.29) is 10.3 Å². The van der Waals surface area contributed by atoms with Crippen molar-refractivity contribution in [2.75, 3.05) is 6.54 Å². The summed E-state index contributed by atoms with van der Waals surface area (Å²) in [6, 6.07) is 6.41. The molecule has 1 aliphatic rings. The van der Waals surface area contributed by atoms with Crippen LogP contribution in [0.4, 0.5) is 0 Å². The van der Waals surface area contributed by atoms with Gasteiger partial charge in [-0.2, -0.15) is 0 Å². The zero-order chi connectivity index (χ0) is 15.5. The van der Waals surface area contributed by atoms with E-state index in [0.717, 1.165) is 12.8 Å². The predicted octanol–water partition coefficient (Wildman–Crippen LogP) is 2.99. The number of sulfonamides is 1. The largest absolute Gasteiger partial charge is 0.389 e. The Labute approximate surface area is 127 Å². The molecule has 0 heterocycles. The maximum atomic E-state index is 12.3. The van der Waals surface area contributed by atoms with Gasteiger partial charge in [0.25, 0.3) is 0 Å². The van der Waals surface area contributed by atoms with Crippen LogP contribution in [-0.2, 0) is 10.0 Å². The summed E-state index contributed by atoms with van der Waals surface area (Å²) in [4.78, 5) is 0.256. The van der Waals surface area contributed by atoms with Crippen LogP contribution in [0, 0.1) is 5.41 Å². The van der Waals surface area contributed by atoms with Crippen LogP contribution in [0.3, 0.4) is 0 Å². The van der Waals surface area contributed by atoms with Gasteiger partial charge in [0.2, 0.25) is 10.0 Å². The molecule has 1 aromatic carbocycles. The molecule has 1 atom stereocenters. The SMILES string of the molecule is CC(O)c1ccc(S(=O)(=O)NCC2(C)CCCCC2)cc1. The summed E-state index contributed by atoms with van der Waals surface area (Å²) in [5, 5.41) is 9.46. The van der Waals surface area contributed by atoms with Crippen LogP contribution in [0.2, 0.25) is 0 Å². The Hall–Kier alpha value is -0.910. The number of hydrogen-bond donors (Lipinski definition) is 2. The van der Waals surface area contributed by atoms with E-state index in [1.54, 1.807) is 31.2 Å². The highest BCUT2D eigenvalue weighted by atomic mass is 32.2. The zero-order valence-electron chi connectivity index (χ0n) is 12.8. The molecule has 0 aliphatic heterocycles. The van der Waals surface area contributed by atoms with Crippen molar-refractivity contribution in [2.24, 2.45) is 5.41 Å². The van der Waals surface area contributed by atoms with Gasteiger partial charge in [0.15, 0.2) is 0 Å². The maximum Gasteiger partial charge on any atom is 0.240 e. The molecule has 1 saturated carbocycles. The van der Waals surface area contributed by atoms with Crippen molar-refractivity contribution in [1.82, 2.24) is 4.72 Å². The third-order valence-electron chi connectivity index (χ3n) is 4.42. The van der Waals surface area contributed by atoms with Gasteiger partial charge in [-0.25, -0.2) is 13.1 Å². The molecule has 0 spiro atoms. The van der Waals surface area contributed by atoms with Crippen LogP contribution in [0.15, 0.2) is 29.2 Å². The van der Waals surface area contributed by atoms with Crippen molar-refractivity contribution in [3.63, 3.8) is 0 Å². The van der Waals surface area contributed by atoms with Gasteiger partial charge in [0.1, 0.15) is 0 Å². The molecule has 2 rings (SSSR count). The summed E-state index contributed by atoms with van der Waals surface area (Å²) in [7, 11) is -3.47. The van der Waals surface area contributed by atoms with Gasteiger partial charge in [-0.05, 0) is 42.9 Å². The minimum Gasteiger partial charge on any atom is -0.389 e. The van der Waals surface area contributed by atoms with Gasteiger partial charge >= 0.3 is 0 Å². The Morgan fingerprint density at radius 2 is 1.76 bits per heavy atom. The fraction of sp³-hybridized carbons (Fsp3) is 0.625. The van der Waals surface area contributed by atoms with Crippen molar-refractivity contribution in [1.29, 1.82) is 0 Å². The zero-order valence-corrected chi connectivity index (χ0v) is 13.6. The molecule has 0 aromatic heterocycles. The van der Waals surface area contributed by atoms with Crippen LogP contribution < -0.4 is 4.72 Å². The third-order valence-corrected chi connectivity index (χ3v) is 5.84. The van der Waals surface area contributed by atoms with Crippen LogP contribution in [0.5, 0.6) is 0 Å². The van der Waals surface area contributed by atoms with E-state index in [1.165, 1.54) is 19.3 Å². The number of hydrogen-bond acceptors (Lipinski definition) is 3. The Morgan fingerprint density at radius 1 is 1.19 bits per heavy atom. The van der Waals surface area contributed by atoms with Gasteiger partial charge in [-0.1, -0.05) is 38.3 Å². The van der Waals surface area contributed by atoms with Crippen LogP contribution in [-0.4, -0.2) is 20.1 Å². The first kappa shape index (κ1) is 16.5. The van der Waals surface area contributed by atoms with Crippen molar-refractivity contribution in [3.8, 4) is 0 Å². The summed E-state index contributed by atoms with van der Waals surface area (Å²) >= 11 is 0. The quantitative estimate of drug-likeness (QED) is 0.878. The first-order chi connectivity index (χ1) is 9.82. The summed E-state index contributed by atoms with van der Waals surface area (Å²) in [6.45, 7) is 4.31. The van der Waals surface area contributed by atoms with E-state index in [0.29, 0.717) is 12.1 Å². The van der Waals surface area contributed by atoms with Gasteiger partial charge in [-0.3, -0.25) is 0 Å². The van der Waals surface area contributed by atoms with Gasteiger partial charge < -0.3 is 5.11 Å². The Kier molecular flexibility index (Phi) is 5.07. The minimum atomic E-state index is -3.47. The Morgan fingerprint density at radius 3 is 2.29 bits per heavy atom. The van der Waals surface area contributed by atoms with Crippen LogP contribution in [0.1, 0.15) is 57.6 Å². The lowest BCUT2D eigenvalue weighted by atomic mass is 9.76. The summed E-state index contributed by atoms with van der Waals surface area (Å²) in [5.41, 5.74) is 0.790. The normalized spacial score (nSPS) is 20.1. The topological polar surface area (TPSA) is 66.4 Å². The molecular formula is C16H25NO3S. The van der Waals surface area contributed by atoms with E-state index in [4.69, 9.17) is 0 Å². The lowest BCUT2D eigenvalue weighted by Crippen LogP contribution is -2.37. The molecule has 1 aliphatic carbocycles. The number of aliphatic hydroxyl groups excluding tert-OH is 1. The number of aliphatic hydroxyl groups is 1. The second-order valence-corrected chi connectivity index (χ2v) is 8.21. The average Bonchev–Trinajstić information content (AvgIpc) is 2.46. The van der Waals surface area contributed by atoms with E-state index >= 15 is 0 Å². The molecule has 0 radical (unpaired) electrons. The van der Waals surface area contributed by atoms with E-state index in [1.807, 2.05) is 0 Å². The van der Waals surface area contributed by atoms with Gasteiger partial charge in [-0.15, -0.1) is 0 Å². The second kappa shape index (κ2) is 6.46. The first-order valence-electron chi connectivity index (χ1n) is 7.60. The maximum absolute atomic E-state index is 12.3. The van der Waals surface area contributed by atoms with Crippen LogP contribution >= 0.6 is 0 Å². The second-order valence-electron chi connectivity index (χ2n) is 6.44. The molecule has 1 fully saturated rings. The smallest absolute Gasteiger partial charge is 0.240 e. The standard InChI is InChI=1S/C16H25NO3S/c1-13(18)14-6-8-15(9-7-14)21(19,20)17-12-16(2)10-4-3-5-11-16/h6-9,13,17-18H,3-5,10-12H2,1-2H3. The predicted molar refractivity (Wildman–Crippen MR) is 83.5 cm³/mol. The molecule has 0 bridgehead atoms. The molecule has 21 heavy (non-hydrogen) atoms. The summed E-state index contributed by atoms with van der Waals surface area (Å²) in [5.74, 6) is 0. The fourth-order valence-electron chi connectivity index (χ4n) is 2.86. The summed E-state index contributed by atoms with van der Waals surface area (Å²) in [6.07, 6.45) is 5.19. The molecule has 0 amide bonds. The van der Waals surface area contributed by atoms with Crippen molar-refractivity contribution < 1.29 is 13.5 Å². The molecule has 2 N–H and O–H groups in total. The monoisotopic (exact) mass is 311 g/mol. The number of nitrogens with one attached hydrogen (secondary N) is 1. The van der Waals surface area contributed by atoms with Crippen LogP contribution in [0.25, 0.3) is 0 Å². The van der Waals surface area contributed by atoms with Gasteiger partial charge in [0, 0.05) is 6.54 Å². The van der Waals surface area contributed by atoms with Crippen molar-refractivity contribution >= 4 is 10.0 Å². The number of benzene rings is 1. The average molecular weight is 311 g/mol.